The van der Waals surface area contributed by atoms with Crippen molar-refractivity contribution in [1.29, 1.82) is 0 Å². The van der Waals surface area contributed by atoms with E-state index in [0.29, 0.717) is 12.8 Å². The molecule has 3 fully saturated rings. The van der Waals surface area contributed by atoms with E-state index >= 15 is 4.79 Å². The Morgan fingerprint density at radius 3 is 1.70 bits per heavy atom. The highest BCUT2D eigenvalue weighted by Gasteiger charge is 2.55. The molecule has 0 bridgehead atoms. The Labute approximate surface area is 425 Å². The molecule has 0 aromatic heterocycles. The zero-order chi connectivity index (χ0) is 52.4. The maximum Gasteiger partial charge on any atom is 0.321 e. The van der Waals surface area contributed by atoms with Gasteiger partial charge in [0.05, 0.1) is 47.6 Å². The fourth-order valence-electron chi connectivity index (χ4n) is 11.9. The monoisotopic (exact) mass is 1040 g/mol. The smallest absolute Gasteiger partial charge is 0.321 e. The number of likely N-dealkylation sites (N-methyl/N-ethyl adjacent to an activating group) is 1. The second-order valence-electron chi connectivity index (χ2n) is 21.9. The van der Waals surface area contributed by atoms with Crippen molar-refractivity contribution in [1.82, 2.24) is 4.90 Å². The van der Waals surface area contributed by atoms with Crippen molar-refractivity contribution in [2.24, 2.45) is 23.7 Å². The van der Waals surface area contributed by atoms with Crippen molar-refractivity contribution in [3.63, 3.8) is 0 Å². The molecule has 0 aliphatic carbocycles. The summed E-state index contributed by atoms with van der Waals surface area (Å²) in [4.78, 5) is 44.8. The van der Waals surface area contributed by atoms with E-state index < -0.39 is 118 Å². The average molecular weight is 1040 g/mol. The van der Waals surface area contributed by atoms with E-state index in [4.69, 9.17) is 58.3 Å². The number of Topliss-reactive ketones (excluding diaryl/α,β-unsaturated/α-hetero) is 1. The van der Waals surface area contributed by atoms with Gasteiger partial charge in [0.15, 0.2) is 29.2 Å². The first-order valence-electron chi connectivity index (χ1n) is 26.5. The van der Waals surface area contributed by atoms with Crippen LogP contribution in [-0.2, 0) is 61.1 Å². The van der Waals surface area contributed by atoms with E-state index in [1.807, 2.05) is 41.5 Å². The van der Waals surface area contributed by atoms with Crippen LogP contribution in [0, 0.1) is 23.7 Å². The van der Waals surface area contributed by atoms with E-state index in [2.05, 4.69) is 74.4 Å². The maximum absolute atomic E-state index is 15.0. The molecule has 0 amide bonds. The maximum atomic E-state index is 15.0. The molecule has 0 aromatic carbocycles. The number of carbonyl (C=O) groups excluding carboxylic acids is 3. The summed E-state index contributed by atoms with van der Waals surface area (Å²) < 4.78 is 68.5. The van der Waals surface area contributed by atoms with Crippen molar-refractivity contribution in [3.8, 4) is 0 Å². The molecule has 17 atom stereocenters. The Kier molecular flexibility index (Phi) is 23.9. The number of halogens is 1. The number of hydrogen-bond acceptors (Lipinski definition) is 14. The molecule has 69 heavy (non-hydrogen) atoms. The summed E-state index contributed by atoms with van der Waals surface area (Å²) in [5.41, 5.74) is -3.33. The summed E-state index contributed by atoms with van der Waals surface area (Å²) >= 11 is 6.00. The Balaban J connectivity index is 2.35. The van der Waals surface area contributed by atoms with Crippen LogP contribution < -0.4 is 0 Å². The minimum atomic E-state index is -2.24. The van der Waals surface area contributed by atoms with Crippen LogP contribution in [0.5, 0.6) is 0 Å². The summed E-state index contributed by atoms with van der Waals surface area (Å²) in [6.07, 6.45) is -4.06. The number of hydrogen-bond donors (Lipinski definition) is 0. The molecular weight excluding hydrogens is 938 g/mol. The molecule has 17 heteroatoms. The molecule has 0 aromatic rings. The van der Waals surface area contributed by atoms with Gasteiger partial charge < -0.3 is 51.6 Å². The molecule has 0 N–H and O–H groups in total. The normalized spacial score (nSPS) is 39.2. The van der Waals surface area contributed by atoms with Gasteiger partial charge >= 0.3 is 11.9 Å². The molecule has 0 unspecified atom stereocenters. The summed E-state index contributed by atoms with van der Waals surface area (Å²) in [7, 11) is 3.15. The number of nitrogens with zero attached hydrogens (tertiary/aromatic N) is 1. The van der Waals surface area contributed by atoms with Crippen LogP contribution in [0.4, 0.5) is 0 Å². The first-order chi connectivity index (χ1) is 32.2. The standard InChI is InChI=1S/C52H98ClNO13Si2/c1-21-40-50(14,65-41(55)32-53)29-33(8)43(56)34(9)30-51(15,58-19)46(64-49-45(66-68(22-2,23-3)24-4)39(54(17)18)28-35(10)60-49)36(11)44(37(12)48(57)62-40)63-42-31-52(16,59-20)47(38(13)61-42)67-69(25-5,26-6)27-7/h33-40,42,44-47,49H,21-32H2,1-20H3/t33-,34-,35-,36+,37-,38+,39+,40+,42-,44-,45-,46-,47+,49+,50+,51-,52-/m1/s1. The predicted octanol–water partition coefficient (Wildman–Crippen LogP) is 10.3. The number of cyclic esters (lactones) is 1. The lowest BCUT2D eigenvalue weighted by atomic mass is 9.74. The number of esters is 2. The number of rotatable bonds is 20. The summed E-state index contributed by atoms with van der Waals surface area (Å²) in [5.74, 6) is -4.39. The van der Waals surface area contributed by atoms with Gasteiger partial charge in [0, 0.05) is 50.9 Å². The number of alkyl halides is 1. The van der Waals surface area contributed by atoms with Gasteiger partial charge in [0.25, 0.3) is 0 Å². The largest absolute Gasteiger partial charge is 0.458 e. The van der Waals surface area contributed by atoms with Crippen LogP contribution in [0.15, 0.2) is 0 Å². The summed E-state index contributed by atoms with van der Waals surface area (Å²) in [6.45, 7) is 32.5. The van der Waals surface area contributed by atoms with Crippen molar-refractivity contribution < 1.29 is 61.1 Å². The first-order valence-corrected chi connectivity index (χ1v) is 32.1. The number of methoxy groups -OCH3 is 2. The van der Waals surface area contributed by atoms with Gasteiger partial charge in [-0.3, -0.25) is 14.4 Å². The van der Waals surface area contributed by atoms with Crippen molar-refractivity contribution in [2.75, 3.05) is 34.2 Å². The molecule has 0 radical (unpaired) electrons. The van der Waals surface area contributed by atoms with Crippen LogP contribution in [-0.4, -0.2) is 152 Å². The molecule has 404 valence electrons. The van der Waals surface area contributed by atoms with Gasteiger partial charge in [-0.1, -0.05) is 69.2 Å². The number of ether oxygens (including phenoxy) is 8. The molecule has 3 saturated heterocycles. The highest BCUT2D eigenvalue weighted by molar-refractivity contribution is 6.74. The number of carbonyl (C=O) groups is 3. The topological polar surface area (TPSA) is 147 Å². The molecule has 3 heterocycles. The van der Waals surface area contributed by atoms with Crippen LogP contribution in [0.3, 0.4) is 0 Å². The molecule has 0 spiro atoms. The second-order valence-corrected chi connectivity index (χ2v) is 31.6. The fourth-order valence-corrected chi connectivity index (χ4v) is 17.8. The number of ketones is 1. The van der Waals surface area contributed by atoms with Crippen molar-refractivity contribution in [3.05, 3.63) is 0 Å². The van der Waals surface area contributed by atoms with E-state index in [0.717, 1.165) is 42.7 Å². The van der Waals surface area contributed by atoms with Crippen LogP contribution in [0.2, 0.25) is 36.3 Å². The lowest BCUT2D eigenvalue weighted by Gasteiger charge is -2.52. The second kappa shape index (κ2) is 26.5. The van der Waals surface area contributed by atoms with Gasteiger partial charge in [-0.2, -0.15) is 0 Å². The lowest BCUT2D eigenvalue weighted by Crippen LogP contribution is -2.63. The third kappa shape index (κ3) is 14.6. The Morgan fingerprint density at radius 1 is 0.710 bits per heavy atom. The van der Waals surface area contributed by atoms with Crippen LogP contribution in [0.1, 0.15) is 143 Å². The van der Waals surface area contributed by atoms with E-state index in [9.17, 15) is 9.59 Å². The SMILES string of the molecule is CC[C@@H]1OC(=O)[C@H](C)[C@H](O[C@@H]2C[C@@](C)(OC)[C@@H](O[Si](CC)(CC)CC)[C@H](C)O2)[C@H](C)[C@@H](O[C@@H]2O[C@H](C)C[C@H](N(C)C)[C@H]2O[Si](CC)(CC)CC)[C@](C)(OC)C[C@@H](C)C(=O)[C@H](C)C[C@]1(C)OC(=O)CCl. The molecule has 3 aliphatic rings. The summed E-state index contributed by atoms with van der Waals surface area (Å²) in [5, 5.41) is 0. The Bertz CT molecular complexity index is 1610. The first kappa shape index (κ1) is 62.3. The van der Waals surface area contributed by atoms with Gasteiger partial charge in [-0.25, -0.2) is 0 Å². The zero-order valence-corrected chi connectivity index (χ0v) is 49.5. The average Bonchev–Trinajstić information content (AvgIpc) is 3.32. The van der Waals surface area contributed by atoms with E-state index in [1.165, 1.54) is 0 Å². The summed E-state index contributed by atoms with van der Waals surface area (Å²) in [6, 6.07) is 5.70. The quantitative estimate of drug-likeness (QED) is 0.0647. The molecule has 0 saturated carbocycles. The highest BCUT2D eigenvalue weighted by Crippen LogP contribution is 2.44. The van der Waals surface area contributed by atoms with Gasteiger partial charge in [-0.05, 0) is 111 Å². The Hall–Kier alpha value is -1.03. The third-order valence-corrected chi connectivity index (χ3v) is 26.5. The highest BCUT2D eigenvalue weighted by atomic mass is 35.5. The minimum absolute atomic E-state index is 0.0256. The third-order valence-electron chi connectivity index (χ3n) is 17.0. The zero-order valence-electron chi connectivity index (χ0n) is 46.7. The molecule has 3 rings (SSSR count). The van der Waals surface area contributed by atoms with Gasteiger partial charge in [0.1, 0.15) is 29.5 Å². The van der Waals surface area contributed by atoms with Crippen molar-refractivity contribution in [2.45, 2.75) is 257 Å². The Morgan fingerprint density at radius 2 is 1.22 bits per heavy atom. The fraction of sp³-hybridized carbons (Fsp3) is 0.942. The molecular formula is C52H98ClNO13Si2. The molecule has 14 nitrogen and oxygen atoms in total. The molecule has 3 aliphatic heterocycles. The predicted molar refractivity (Wildman–Crippen MR) is 276 cm³/mol. The van der Waals surface area contributed by atoms with Crippen LogP contribution >= 0.6 is 11.6 Å². The minimum Gasteiger partial charge on any atom is -0.458 e. The van der Waals surface area contributed by atoms with E-state index in [-0.39, 0.29) is 36.9 Å². The van der Waals surface area contributed by atoms with E-state index in [1.54, 1.807) is 28.1 Å². The van der Waals surface area contributed by atoms with Crippen molar-refractivity contribution >= 4 is 46.0 Å². The van der Waals surface area contributed by atoms with Gasteiger partial charge in [0.2, 0.25) is 0 Å². The van der Waals surface area contributed by atoms with Gasteiger partial charge in [-0.15, -0.1) is 11.6 Å². The lowest BCUT2D eigenvalue weighted by molar-refractivity contribution is -0.317. The van der Waals surface area contributed by atoms with Crippen LogP contribution in [0.25, 0.3) is 0 Å².